The van der Waals surface area contributed by atoms with Crippen molar-refractivity contribution in [2.45, 2.75) is 26.4 Å². The van der Waals surface area contributed by atoms with E-state index in [9.17, 15) is 65.5 Å². The quantitative estimate of drug-likeness (QED) is 0.165. The fourth-order valence-electron chi connectivity index (χ4n) is 4.29. The molecule has 3 aromatic rings. The summed E-state index contributed by atoms with van der Waals surface area (Å²) in [5.74, 6) is 0. The topological polar surface area (TPSA) is 318 Å². The van der Waals surface area contributed by atoms with Crippen LogP contribution in [0, 0.1) is 60.7 Å². The Hall–Kier alpha value is -6.59. The maximum Gasteiger partial charge on any atom is 0.410 e. The second-order valence-electron chi connectivity index (χ2n) is 11.0. The molecule has 0 spiro atoms. The first-order valence-electron chi connectivity index (χ1n) is 14.1. The number of piperazine rings is 1. The van der Waals surface area contributed by atoms with E-state index in [4.69, 9.17) is 10.5 Å². The third-order valence-corrected chi connectivity index (χ3v) is 7.05. The van der Waals surface area contributed by atoms with Gasteiger partial charge < -0.3 is 20.3 Å². The number of halogens is 1. The van der Waals surface area contributed by atoms with Crippen LogP contribution in [0.1, 0.15) is 20.8 Å². The van der Waals surface area contributed by atoms with Crippen LogP contribution in [0.3, 0.4) is 0 Å². The minimum absolute atomic E-state index is 0.103. The van der Waals surface area contributed by atoms with Crippen molar-refractivity contribution in [2.24, 2.45) is 0 Å². The molecule has 4 rings (SSSR count). The number of ether oxygens (including phenoxy) is 1. The number of nitrogens with two attached hydrogens (primary N) is 1. The highest BCUT2D eigenvalue weighted by Gasteiger charge is 2.34. The Labute approximate surface area is 294 Å². The molecule has 3 aromatic carbocycles. The molecule has 1 amide bonds. The van der Waals surface area contributed by atoms with Crippen LogP contribution in [0.2, 0.25) is 0 Å². The molecular formula is C27H28BrN9O14. The van der Waals surface area contributed by atoms with Crippen molar-refractivity contribution in [3.63, 3.8) is 0 Å². The van der Waals surface area contributed by atoms with Gasteiger partial charge in [0.2, 0.25) is 0 Å². The zero-order valence-corrected chi connectivity index (χ0v) is 28.4. The average Bonchev–Trinajstić information content (AvgIpc) is 3.03. The van der Waals surface area contributed by atoms with Crippen molar-refractivity contribution in [2.75, 3.05) is 36.8 Å². The Morgan fingerprint density at radius 2 is 1.06 bits per heavy atom. The zero-order chi connectivity index (χ0) is 38.8. The summed E-state index contributed by atoms with van der Waals surface area (Å²) in [5.41, 5.74) is 1.22. The molecule has 1 heterocycles. The van der Waals surface area contributed by atoms with Gasteiger partial charge in [-0.15, -0.1) is 0 Å². The van der Waals surface area contributed by atoms with E-state index in [2.05, 4.69) is 15.9 Å². The third kappa shape index (κ3) is 11.0. The van der Waals surface area contributed by atoms with Gasteiger partial charge in [-0.05, 0) is 54.9 Å². The molecule has 0 atom stereocenters. The van der Waals surface area contributed by atoms with Crippen molar-refractivity contribution < 1.29 is 39.1 Å². The molecular weight excluding hydrogens is 754 g/mol. The maximum atomic E-state index is 12.1. The summed E-state index contributed by atoms with van der Waals surface area (Å²) in [6.45, 7) is 6.58. The number of benzene rings is 3. The van der Waals surface area contributed by atoms with E-state index in [1.54, 1.807) is 25.7 Å². The molecule has 0 aromatic heterocycles. The first-order chi connectivity index (χ1) is 23.7. The van der Waals surface area contributed by atoms with Gasteiger partial charge in [-0.2, -0.15) is 0 Å². The minimum atomic E-state index is -0.868. The highest BCUT2D eigenvalue weighted by Crippen LogP contribution is 2.37. The number of nitro groups is 6. The van der Waals surface area contributed by atoms with Crippen LogP contribution in [-0.2, 0) is 4.74 Å². The van der Waals surface area contributed by atoms with Gasteiger partial charge in [-0.3, -0.25) is 60.7 Å². The summed E-state index contributed by atoms with van der Waals surface area (Å²) in [7, 11) is 0. The van der Waals surface area contributed by atoms with Gasteiger partial charge in [0.1, 0.15) is 21.4 Å². The van der Waals surface area contributed by atoms with E-state index in [-0.39, 0.29) is 15.8 Å². The fraction of sp³-hybridized carbons (Fsp3) is 0.296. The summed E-state index contributed by atoms with van der Waals surface area (Å²) in [5, 5.41) is 63.8. The lowest BCUT2D eigenvalue weighted by molar-refractivity contribution is -0.423. The van der Waals surface area contributed by atoms with Crippen molar-refractivity contribution >= 4 is 67.5 Å². The molecule has 23 nitrogen and oxygen atoms in total. The largest absolute Gasteiger partial charge is 0.444 e. The van der Waals surface area contributed by atoms with E-state index in [1.807, 2.05) is 0 Å². The summed E-state index contributed by atoms with van der Waals surface area (Å²) < 4.78 is 5.41. The van der Waals surface area contributed by atoms with Crippen molar-refractivity contribution in [1.29, 1.82) is 0 Å². The van der Waals surface area contributed by atoms with E-state index in [0.717, 1.165) is 18.2 Å². The molecule has 272 valence electrons. The number of amides is 1. The van der Waals surface area contributed by atoms with Crippen LogP contribution < -0.4 is 10.6 Å². The molecule has 1 aliphatic heterocycles. The number of para-hydroxylation sites is 3. The Kier molecular flexibility index (Phi) is 13.7. The SMILES string of the molecule is CC(C)(C)OC(=O)N1CCN(c2cccc([N+](=O)[O-])c2[N+](=O)[O-])CC1.Nc1cccc([N+](=O)[O-])c1[N+](=O)[O-].O=[N+]([O-])c1cccc(Br)c1[N+](=O)[O-]. The molecule has 0 aliphatic carbocycles. The zero-order valence-electron chi connectivity index (χ0n) is 26.8. The van der Waals surface area contributed by atoms with E-state index in [0.29, 0.717) is 26.2 Å². The maximum absolute atomic E-state index is 12.1. The van der Waals surface area contributed by atoms with Crippen LogP contribution in [-0.4, -0.2) is 72.3 Å². The predicted octanol–water partition coefficient (Wildman–Crippen LogP) is 5.91. The number of carbonyl (C=O) groups excluding carboxylic acids is 1. The first-order valence-corrected chi connectivity index (χ1v) is 14.9. The van der Waals surface area contributed by atoms with Gasteiger partial charge in [-0.25, -0.2) is 4.79 Å². The van der Waals surface area contributed by atoms with Gasteiger partial charge in [-0.1, -0.05) is 18.2 Å². The van der Waals surface area contributed by atoms with Crippen molar-refractivity contribution in [1.82, 2.24) is 4.90 Å². The van der Waals surface area contributed by atoms with Gasteiger partial charge in [0.15, 0.2) is 0 Å². The van der Waals surface area contributed by atoms with E-state index >= 15 is 0 Å². The summed E-state index contributed by atoms with van der Waals surface area (Å²) in [6, 6.07) is 11.4. The standard InChI is InChI=1S/C15H20N4O6.C6H3BrN2O4.C6H5N3O4/c1-15(2,3)25-14(20)17-9-7-16(8-10-17)11-5-4-6-12(18(21)22)13(11)19(23)24;2*7-4-2-1-3-5(8(10)11)6(4)9(12)13/h4-6H,7-10H2,1-3H3;1-3H;1-3H,7H2. The smallest absolute Gasteiger partial charge is 0.410 e. The lowest BCUT2D eigenvalue weighted by Crippen LogP contribution is -2.50. The molecule has 0 unspecified atom stereocenters. The lowest BCUT2D eigenvalue weighted by Gasteiger charge is -2.36. The molecule has 0 radical (unpaired) electrons. The molecule has 2 N–H and O–H groups in total. The Bertz CT molecular complexity index is 1790. The second kappa shape index (κ2) is 17.2. The Morgan fingerprint density at radius 1 is 0.647 bits per heavy atom. The van der Waals surface area contributed by atoms with E-state index < -0.39 is 75.4 Å². The molecule has 1 fully saturated rings. The number of carbonyl (C=O) groups is 1. The third-order valence-electron chi connectivity index (χ3n) is 6.41. The number of anilines is 2. The number of nitro benzene ring substituents is 6. The molecule has 0 saturated carbocycles. The molecule has 1 saturated heterocycles. The number of rotatable bonds is 7. The number of nitrogens with zero attached hydrogens (tertiary/aromatic N) is 8. The molecule has 1 aliphatic rings. The van der Waals surface area contributed by atoms with Crippen LogP contribution in [0.5, 0.6) is 0 Å². The lowest BCUT2D eigenvalue weighted by atomic mass is 10.2. The number of nitrogen functional groups attached to an aromatic ring is 1. The van der Waals surface area contributed by atoms with Gasteiger partial charge in [0.05, 0.1) is 29.5 Å². The van der Waals surface area contributed by atoms with Crippen LogP contribution in [0.25, 0.3) is 0 Å². The second-order valence-corrected chi connectivity index (χ2v) is 11.8. The number of hydrogen-bond acceptors (Lipinski definition) is 16. The fourth-order valence-corrected chi connectivity index (χ4v) is 4.79. The van der Waals surface area contributed by atoms with E-state index in [1.165, 1.54) is 41.3 Å². The summed E-state index contributed by atoms with van der Waals surface area (Å²) in [6.07, 6.45) is -0.444. The first kappa shape index (κ1) is 40.6. The van der Waals surface area contributed by atoms with Crippen LogP contribution in [0.15, 0.2) is 59.1 Å². The van der Waals surface area contributed by atoms with Crippen LogP contribution in [0.4, 0.5) is 50.3 Å². The van der Waals surface area contributed by atoms with Crippen molar-refractivity contribution in [3.05, 3.63) is 120 Å². The number of hydrogen-bond donors (Lipinski definition) is 1. The van der Waals surface area contributed by atoms with Gasteiger partial charge >= 0.3 is 40.2 Å². The molecule has 0 bridgehead atoms. The van der Waals surface area contributed by atoms with Crippen molar-refractivity contribution in [3.8, 4) is 0 Å². The Morgan fingerprint density at radius 3 is 1.45 bits per heavy atom. The Balaban J connectivity index is 0.000000292. The highest BCUT2D eigenvalue weighted by atomic mass is 79.9. The average molecular weight is 782 g/mol. The van der Waals surface area contributed by atoms with Crippen LogP contribution >= 0.6 is 15.9 Å². The predicted molar refractivity (Wildman–Crippen MR) is 181 cm³/mol. The normalized spacial score (nSPS) is 12.2. The minimum Gasteiger partial charge on any atom is -0.444 e. The van der Waals surface area contributed by atoms with Gasteiger partial charge in [0.25, 0.3) is 0 Å². The summed E-state index contributed by atoms with van der Waals surface area (Å²) >= 11 is 2.87. The molecule has 24 heteroatoms. The summed E-state index contributed by atoms with van der Waals surface area (Å²) in [4.78, 5) is 74.3. The van der Waals surface area contributed by atoms with Gasteiger partial charge in [0, 0.05) is 44.4 Å². The monoisotopic (exact) mass is 781 g/mol. The molecule has 51 heavy (non-hydrogen) atoms. The highest BCUT2D eigenvalue weighted by molar-refractivity contribution is 9.10.